The first-order valence-corrected chi connectivity index (χ1v) is 6.62. The third kappa shape index (κ3) is 3.20. The van der Waals surface area contributed by atoms with Crippen molar-refractivity contribution in [1.29, 1.82) is 0 Å². The molecule has 0 bridgehead atoms. The van der Waals surface area contributed by atoms with E-state index in [9.17, 15) is 17.2 Å². The predicted molar refractivity (Wildman–Crippen MR) is 66.2 cm³/mol. The van der Waals surface area contributed by atoms with Crippen molar-refractivity contribution in [3.8, 4) is 12.3 Å². The number of halogens is 2. The summed E-state index contributed by atoms with van der Waals surface area (Å²) in [5.74, 6) is -0.915. The van der Waals surface area contributed by atoms with Gasteiger partial charge in [-0.2, -0.15) is 8.78 Å². The summed E-state index contributed by atoms with van der Waals surface area (Å²) in [6.45, 7) is 3.52. The fourth-order valence-electron chi connectivity index (χ4n) is 1.23. The minimum atomic E-state index is -4.54. The van der Waals surface area contributed by atoms with Crippen LogP contribution in [0.25, 0.3) is 0 Å². The SMILES string of the molecule is C#CC(C)(C)Nc1ccc(S(=O)(=O)C(F)F)cc1. The molecule has 0 aliphatic heterocycles. The summed E-state index contributed by atoms with van der Waals surface area (Å²) in [5, 5.41) is 2.96. The van der Waals surface area contributed by atoms with Gasteiger partial charge in [-0.1, -0.05) is 5.92 Å². The molecule has 98 valence electrons. The highest BCUT2D eigenvalue weighted by Crippen LogP contribution is 2.21. The quantitative estimate of drug-likeness (QED) is 0.857. The van der Waals surface area contributed by atoms with E-state index >= 15 is 0 Å². The zero-order valence-corrected chi connectivity index (χ0v) is 10.8. The zero-order chi connectivity index (χ0) is 14.0. The summed E-state index contributed by atoms with van der Waals surface area (Å²) in [6.07, 6.45) is 5.29. The van der Waals surface area contributed by atoms with Crippen molar-refractivity contribution in [1.82, 2.24) is 0 Å². The second-order valence-electron chi connectivity index (χ2n) is 4.22. The van der Waals surface area contributed by atoms with E-state index in [1.807, 2.05) is 0 Å². The van der Waals surface area contributed by atoms with Gasteiger partial charge in [-0.25, -0.2) is 8.42 Å². The number of hydrogen-bond donors (Lipinski definition) is 1. The maximum atomic E-state index is 12.3. The van der Waals surface area contributed by atoms with Crippen LogP contribution in [0.3, 0.4) is 0 Å². The molecule has 0 heterocycles. The van der Waals surface area contributed by atoms with Gasteiger partial charge in [0.25, 0.3) is 0 Å². The second kappa shape index (κ2) is 4.94. The van der Waals surface area contributed by atoms with Crippen LogP contribution in [0.2, 0.25) is 0 Å². The molecular weight excluding hydrogens is 260 g/mol. The minimum absolute atomic E-state index is 0.415. The summed E-state index contributed by atoms with van der Waals surface area (Å²) < 4.78 is 47.0. The van der Waals surface area contributed by atoms with Gasteiger partial charge in [0.05, 0.1) is 10.4 Å². The largest absolute Gasteiger partial charge is 0.370 e. The molecular formula is C12H13F2NO2S. The standard InChI is InChI=1S/C12H13F2NO2S/c1-4-12(2,3)15-9-5-7-10(8-6-9)18(16,17)11(13)14/h1,5-8,11,15H,2-3H3. The van der Waals surface area contributed by atoms with Crippen LogP contribution < -0.4 is 5.32 Å². The number of rotatable bonds is 4. The molecule has 1 rings (SSSR count). The van der Waals surface area contributed by atoms with Gasteiger partial charge in [0, 0.05) is 5.69 Å². The van der Waals surface area contributed by atoms with E-state index in [0.29, 0.717) is 5.69 Å². The summed E-state index contributed by atoms with van der Waals surface area (Å²) in [6, 6.07) is 5.04. The van der Waals surface area contributed by atoms with E-state index in [-0.39, 0.29) is 0 Å². The van der Waals surface area contributed by atoms with Crippen molar-refractivity contribution in [2.45, 2.75) is 30.0 Å². The van der Waals surface area contributed by atoms with Gasteiger partial charge in [-0.15, -0.1) is 6.42 Å². The number of anilines is 1. The normalized spacial score (nSPS) is 12.2. The van der Waals surface area contributed by atoms with Crippen molar-refractivity contribution in [3.63, 3.8) is 0 Å². The Labute approximate surface area is 105 Å². The molecule has 0 radical (unpaired) electrons. The lowest BCUT2D eigenvalue weighted by Gasteiger charge is -2.21. The maximum absolute atomic E-state index is 12.3. The molecule has 1 aromatic carbocycles. The highest BCUT2D eigenvalue weighted by atomic mass is 32.2. The minimum Gasteiger partial charge on any atom is -0.370 e. The Kier molecular flexibility index (Phi) is 3.97. The lowest BCUT2D eigenvalue weighted by Crippen LogP contribution is -2.28. The first-order valence-electron chi connectivity index (χ1n) is 5.07. The Hall–Kier alpha value is -1.61. The van der Waals surface area contributed by atoms with E-state index in [2.05, 4.69) is 11.2 Å². The summed E-state index contributed by atoms with van der Waals surface area (Å²) in [5.41, 5.74) is -0.0468. The van der Waals surface area contributed by atoms with Crippen LogP contribution in [0.1, 0.15) is 13.8 Å². The maximum Gasteiger partial charge on any atom is 0.341 e. The van der Waals surface area contributed by atoms with Gasteiger partial charge in [-0.05, 0) is 38.1 Å². The highest BCUT2D eigenvalue weighted by Gasteiger charge is 2.26. The van der Waals surface area contributed by atoms with Crippen molar-refractivity contribution >= 4 is 15.5 Å². The molecule has 0 atom stereocenters. The lowest BCUT2D eigenvalue weighted by molar-refractivity contribution is 0.234. The Morgan fingerprint density at radius 3 is 2.17 bits per heavy atom. The van der Waals surface area contributed by atoms with Gasteiger partial charge in [0.2, 0.25) is 9.84 Å². The fraction of sp³-hybridized carbons (Fsp3) is 0.333. The molecule has 0 saturated heterocycles. The molecule has 0 saturated carbocycles. The number of nitrogens with one attached hydrogen (secondary N) is 1. The third-order valence-corrected chi connectivity index (χ3v) is 3.63. The topological polar surface area (TPSA) is 46.2 Å². The molecule has 0 aliphatic carbocycles. The highest BCUT2D eigenvalue weighted by molar-refractivity contribution is 7.91. The molecule has 0 amide bonds. The van der Waals surface area contributed by atoms with Crippen LogP contribution in [-0.2, 0) is 9.84 Å². The van der Waals surface area contributed by atoms with Gasteiger partial charge in [0.1, 0.15) is 0 Å². The first-order chi connectivity index (χ1) is 8.19. The molecule has 0 spiro atoms. The third-order valence-electron chi connectivity index (χ3n) is 2.24. The van der Waals surface area contributed by atoms with E-state index in [0.717, 1.165) is 12.1 Å². The van der Waals surface area contributed by atoms with Crippen LogP contribution >= 0.6 is 0 Å². The number of alkyl halides is 2. The summed E-state index contributed by atoms with van der Waals surface area (Å²) in [7, 11) is -4.54. The van der Waals surface area contributed by atoms with Crippen LogP contribution in [0.4, 0.5) is 14.5 Å². The predicted octanol–water partition coefficient (Wildman–Crippen LogP) is 2.51. The fourth-order valence-corrected chi connectivity index (χ4v) is 1.95. The van der Waals surface area contributed by atoms with Crippen LogP contribution in [0, 0.1) is 12.3 Å². The molecule has 1 aromatic rings. The smallest absolute Gasteiger partial charge is 0.341 e. The van der Waals surface area contributed by atoms with Crippen LogP contribution in [0.5, 0.6) is 0 Å². The Balaban J connectivity index is 2.99. The number of benzene rings is 1. The lowest BCUT2D eigenvalue weighted by atomic mass is 10.1. The zero-order valence-electron chi connectivity index (χ0n) is 9.94. The van der Waals surface area contributed by atoms with Crippen molar-refractivity contribution < 1.29 is 17.2 Å². The van der Waals surface area contributed by atoms with E-state index in [1.54, 1.807) is 13.8 Å². The number of sulfone groups is 1. The Bertz CT molecular complexity index is 557. The molecule has 18 heavy (non-hydrogen) atoms. The second-order valence-corrected chi connectivity index (χ2v) is 6.14. The first kappa shape index (κ1) is 14.5. The van der Waals surface area contributed by atoms with Gasteiger partial charge >= 0.3 is 5.76 Å². The van der Waals surface area contributed by atoms with Gasteiger partial charge in [-0.3, -0.25) is 0 Å². The average Bonchev–Trinajstić information content (AvgIpc) is 2.29. The van der Waals surface area contributed by atoms with Crippen LogP contribution in [-0.4, -0.2) is 19.7 Å². The monoisotopic (exact) mass is 273 g/mol. The van der Waals surface area contributed by atoms with Crippen LogP contribution in [0.15, 0.2) is 29.2 Å². The van der Waals surface area contributed by atoms with E-state index in [1.165, 1.54) is 12.1 Å². The van der Waals surface area contributed by atoms with E-state index in [4.69, 9.17) is 6.42 Å². The average molecular weight is 273 g/mol. The molecule has 0 unspecified atom stereocenters. The van der Waals surface area contributed by atoms with Crippen molar-refractivity contribution in [2.75, 3.05) is 5.32 Å². The van der Waals surface area contributed by atoms with Crippen molar-refractivity contribution in [2.24, 2.45) is 0 Å². The number of terminal acetylenes is 1. The molecule has 6 heteroatoms. The number of hydrogen-bond acceptors (Lipinski definition) is 3. The summed E-state index contributed by atoms with van der Waals surface area (Å²) >= 11 is 0. The molecule has 0 aliphatic rings. The molecule has 0 fully saturated rings. The summed E-state index contributed by atoms with van der Waals surface area (Å²) in [4.78, 5) is -0.415. The van der Waals surface area contributed by atoms with Gasteiger partial charge < -0.3 is 5.32 Å². The molecule has 3 nitrogen and oxygen atoms in total. The Morgan fingerprint density at radius 2 is 1.78 bits per heavy atom. The Morgan fingerprint density at radius 1 is 1.28 bits per heavy atom. The van der Waals surface area contributed by atoms with E-state index < -0.39 is 26.0 Å². The van der Waals surface area contributed by atoms with Crippen molar-refractivity contribution in [3.05, 3.63) is 24.3 Å². The molecule has 1 N–H and O–H groups in total. The van der Waals surface area contributed by atoms with Gasteiger partial charge in [0.15, 0.2) is 0 Å². The molecule has 0 aromatic heterocycles.